The molecule has 0 aromatic carbocycles. The molecule has 0 aliphatic heterocycles. The van der Waals surface area contributed by atoms with Gasteiger partial charge in [-0.1, -0.05) is 13.3 Å². The van der Waals surface area contributed by atoms with Gasteiger partial charge in [0.05, 0.1) is 17.1 Å². The zero-order chi connectivity index (χ0) is 18.7. The number of thiophene rings is 1. The lowest BCUT2D eigenvalue weighted by molar-refractivity contribution is 0.0209. The van der Waals surface area contributed by atoms with E-state index in [1.807, 2.05) is 18.5 Å². The molecule has 1 amide bonds. The van der Waals surface area contributed by atoms with Crippen LogP contribution < -0.4 is 10.9 Å². The summed E-state index contributed by atoms with van der Waals surface area (Å²) in [5.74, 6) is -0.130. The molecule has 1 saturated carbocycles. The van der Waals surface area contributed by atoms with Crippen LogP contribution in [0.1, 0.15) is 61.4 Å². The van der Waals surface area contributed by atoms with E-state index in [9.17, 15) is 9.59 Å². The van der Waals surface area contributed by atoms with Crippen molar-refractivity contribution >= 4 is 27.3 Å². The third-order valence-corrected chi connectivity index (χ3v) is 6.29. The summed E-state index contributed by atoms with van der Waals surface area (Å²) in [6.07, 6.45) is 8.24. The van der Waals surface area contributed by atoms with Crippen LogP contribution >= 0.6 is 11.3 Å². The van der Waals surface area contributed by atoms with Crippen LogP contribution in [0, 0.1) is 6.92 Å². The third kappa shape index (κ3) is 4.01. The average Bonchev–Trinajstić information content (AvgIpc) is 3.07. The van der Waals surface area contributed by atoms with E-state index in [0.717, 1.165) is 55.4 Å². The number of nitrogens with one attached hydrogen (secondary N) is 1. The maximum atomic E-state index is 12.8. The molecular weight excluding hydrogens is 348 g/mol. The van der Waals surface area contributed by atoms with Crippen LogP contribution in [0.5, 0.6) is 0 Å². The van der Waals surface area contributed by atoms with Gasteiger partial charge >= 0.3 is 0 Å². The van der Waals surface area contributed by atoms with E-state index in [4.69, 9.17) is 4.74 Å². The zero-order valence-corrected chi connectivity index (χ0v) is 16.7. The minimum absolute atomic E-state index is 0.106. The van der Waals surface area contributed by atoms with Crippen LogP contribution in [0.15, 0.2) is 16.4 Å². The Kier molecular flexibility index (Phi) is 6.14. The molecule has 1 fully saturated rings. The van der Waals surface area contributed by atoms with Crippen LogP contribution in [0.4, 0.5) is 0 Å². The summed E-state index contributed by atoms with van der Waals surface area (Å²) in [5, 5.41) is 5.49. The fourth-order valence-corrected chi connectivity index (χ4v) is 4.66. The first-order valence-electron chi connectivity index (χ1n) is 9.51. The summed E-state index contributed by atoms with van der Waals surface area (Å²) < 4.78 is 8.36. The van der Waals surface area contributed by atoms with Crippen molar-refractivity contribution in [1.82, 2.24) is 9.88 Å². The molecule has 0 radical (unpaired) electrons. The highest BCUT2D eigenvalue weighted by atomic mass is 32.1. The molecule has 2 heterocycles. The maximum absolute atomic E-state index is 12.8. The van der Waals surface area contributed by atoms with Gasteiger partial charge in [-0.15, -0.1) is 11.3 Å². The molecule has 2 aromatic heterocycles. The molecule has 1 aliphatic carbocycles. The quantitative estimate of drug-likeness (QED) is 0.781. The first kappa shape index (κ1) is 19.1. The highest BCUT2D eigenvalue weighted by molar-refractivity contribution is 7.17. The molecular formula is C20H28N2O3S. The molecule has 5 nitrogen and oxygen atoms in total. The summed E-state index contributed by atoms with van der Waals surface area (Å²) in [7, 11) is 1.73. The lowest BCUT2D eigenvalue weighted by Crippen LogP contribution is -2.39. The van der Waals surface area contributed by atoms with Crippen molar-refractivity contribution in [3.63, 3.8) is 0 Å². The number of ether oxygens (including phenoxy) is 1. The Morgan fingerprint density at radius 1 is 1.35 bits per heavy atom. The molecule has 0 unspecified atom stereocenters. The number of amides is 1. The van der Waals surface area contributed by atoms with Crippen LogP contribution in [-0.2, 0) is 11.8 Å². The van der Waals surface area contributed by atoms with Gasteiger partial charge in [0.2, 0.25) is 0 Å². The van der Waals surface area contributed by atoms with Crippen molar-refractivity contribution in [3.8, 4) is 0 Å². The molecule has 0 saturated heterocycles. The number of aryl methyl sites for hydroxylation is 2. The Hall–Kier alpha value is -1.66. The summed E-state index contributed by atoms with van der Waals surface area (Å²) in [6.45, 7) is 4.97. The monoisotopic (exact) mass is 376 g/mol. The number of carbonyl (C=O) groups excluding carboxylic acids is 1. The van der Waals surface area contributed by atoms with Gasteiger partial charge in [0.25, 0.3) is 11.5 Å². The number of fused-ring (bicyclic) bond motifs is 1. The van der Waals surface area contributed by atoms with E-state index in [0.29, 0.717) is 17.1 Å². The van der Waals surface area contributed by atoms with E-state index in [1.165, 1.54) is 11.3 Å². The van der Waals surface area contributed by atoms with Gasteiger partial charge in [0.1, 0.15) is 0 Å². The highest BCUT2D eigenvalue weighted by Gasteiger charge is 2.25. The van der Waals surface area contributed by atoms with Gasteiger partial charge in [0.15, 0.2) is 0 Å². The van der Waals surface area contributed by atoms with Gasteiger partial charge in [-0.25, -0.2) is 0 Å². The van der Waals surface area contributed by atoms with E-state index >= 15 is 0 Å². The fourth-order valence-electron chi connectivity index (χ4n) is 3.64. The first-order valence-corrected chi connectivity index (χ1v) is 10.4. The van der Waals surface area contributed by atoms with Crippen molar-refractivity contribution < 1.29 is 9.53 Å². The SMILES string of the molecule is CCCCOC1CCC(NC(=O)c2csc3c(C)cn(C)c(=O)c23)CC1. The Balaban J connectivity index is 1.65. The van der Waals surface area contributed by atoms with E-state index in [2.05, 4.69) is 12.2 Å². The number of aromatic nitrogens is 1. The number of carbonyl (C=O) groups is 1. The first-order chi connectivity index (χ1) is 12.5. The molecule has 26 heavy (non-hydrogen) atoms. The topological polar surface area (TPSA) is 60.3 Å². The van der Waals surface area contributed by atoms with Crippen LogP contribution in [0.2, 0.25) is 0 Å². The molecule has 0 bridgehead atoms. The second kappa shape index (κ2) is 8.35. The standard InChI is InChI=1S/C20H28N2O3S/c1-4-5-10-25-15-8-6-14(7-9-15)21-19(23)16-12-26-18-13(2)11-22(3)20(24)17(16)18/h11-12,14-15H,4-10H2,1-3H3,(H,21,23). The average molecular weight is 377 g/mol. The minimum Gasteiger partial charge on any atom is -0.378 e. The normalized spacial score (nSPS) is 20.4. The largest absolute Gasteiger partial charge is 0.378 e. The maximum Gasteiger partial charge on any atom is 0.259 e. The van der Waals surface area contributed by atoms with E-state index < -0.39 is 0 Å². The molecule has 6 heteroatoms. The lowest BCUT2D eigenvalue weighted by atomic mass is 9.92. The van der Waals surface area contributed by atoms with Crippen molar-refractivity contribution in [3.05, 3.63) is 33.1 Å². The molecule has 142 valence electrons. The molecule has 0 spiro atoms. The number of unbranched alkanes of at least 4 members (excludes halogenated alkanes) is 1. The lowest BCUT2D eigenvalue weighted by Gasteiger charge is -2.29. The Morgan fingerprint density at radius 2 is 2.08 bits per heavy atom. The number of rotatable bonds is 6. The van der Waals surface area contributed by atoms with Gasteiger partial charge in [-0.05, 0) is 44.6 Å². The zero-order valence-electron chi connectivity index (χ0n) is 15.8. The van der Waals surface area contributed by atoms with Crippen molar-refractivity contribution in [2.75, 3.05) is 6.61 Å². The summed E-state index contributed by atoms with van der Waals surface area (Å²) in [4.78, 5) is 25.3. The minimum atomic E-state index is -0.130. The molecule has 0 atom stereocenters. The van der Waals surface area contributed by atoms with Gasteiger partial charge in [-0.2, -0.15) is 0 Å². The molecule has 1 N–H and O–H groups in total. The van der Waals surface area contributed by atoms with Crippen LogP contribution in [0.25, 0.3) is 10.1 Å². The second-order valence-corrected chi connectivity index (χ2v) is 8.13. The Labute approximate surface area is 158 Å². The second-order valence-electron chi connectivity index (χ2n) is 7.25. The predicted molar refractivity (Wildman–Crippen MR) is 106 cm³/mol. The summed E-state index contributed by atoms with van der Waals surface area (Å²) >= 11 is 1.47. The smallest absolute Gasteiger partial charge is 0.259 e. The number of pyridine rings is 1. The summed E-state index contributed by atoms with van der Waals surface area (Å²) in [6, 6.07) is 0.164. The number of nitrogens with zero attached hydrogens (tertiary/aromatic N) is 1. The van der Waals surface area contributed by atoms with E-state index in [-0.39, 0.29) is 17.5 Å². The molecule has 3 rings (SSSR count). The fraction of sp³-hybridized carbons (Fsp3) is 0.600. The van der Waals surface area contributed by atoms with Crippen LogP contribution in [0.3, 0.4) is 0 Å². The van der Waals surface area contributed by atoms with Gasteiger partial charge < -0.3 is 14.6 Å². The molecule has 2 aromatic rings. The van der Waals surface area contributed by atoms with Crippen molar-refractivity contribution in [2.24, 2.45) is 7.05 Å². The van der Waals surface area contributed by atoms with E-state index in [1.54, 1.807) is 11.6 Å². The highest BCUT2D eigenvalue weighted by Crippen LogP contribution is 2.27. The van der Waals surface area contributed by atoms with Crippen LogP contribution in [-0.4, -0.2) is 29.2 Å². The third-order valence-electron chi connectivity index (χ3n) is 5.18. The Morgan fingerprint density at radius 3 is 2.77 bits per heavy atom. The molecule has 1 aliphatic rings. The van der Waals surface area contributed by atoms with Crippen molar-refractivity contribution in [2.45, 2.75) is 64.5 Å². The predicted octanol–water partition coefficient (Wildman–Crippen LogP) is 3.77. The van der Waals surface area contributed by atoms with Gasteiger partial charge in [0, 0.05) is 36.0 Å². The Bertz CT molecular complexity index is 831. The van der Waals surface area contributed by atoms with Gasteiger partial charge in [-0.3, -0.25) is 9.59 Å². The summed E-state index contributed by atoms with van der Waals surface area (Å²) in [5.41, 5.74) is 1.43. The number of hydrogen-bond donors (Lipinski definition) is 1. The number of hydrogen-bond acceptors (Lipinski definition) is 4. The van der Waals surface area contributed by atoms with Crippen molar-refractivity contribution in [1.29, 1.82) is 0 Å².